The monoisotopic (exact) mass is 783 g/mol. The van der Waals surface area contributed by atoms with Crippen LogP contribution in [0.3, 0.4) is 0 Å². The van der Waals surface area contributed by atoms with Gasteiger partial charge in [0.25, 0.3) is 5.91 Å². The van der Waals surface area contributed by atoms with Crippen molar-refractivity contribution in [2.24, 2.45) is 0 Å². The Morgan fingerprint density at radius 3 is 2.06 bits per heavy atom. The Kier molecular flexibility index (Phi) is 19.0. The normalized spacial score (nSPS) is 23.6. The molecule has 17 heteroatoms. The van der Waals surface area contributed by atoms with Gasteiger partial charge in [-0.15, -0.1) is 0 Å². The molecule has 1 amide bonds. The average Bonchev–Trinajstić information content (AvgIpc) is 3.16. The largest absolute Gasteiger partial charge is 0.481 e. The maximum absolute atomic E-state index is 12.2. The molecule has 2 aliphatic rings. The first-order valence-corrected chi connectivity index (χ1v) is 18.9. The van der Waals surface area contributed by atoms with Gasteiger partial charge in [-0.1, -0.05) is 48.9 Å². The molecular formula is C37H57N3O13S. The molecule has 1 fully saturated rings. The first-order valence-electron chi connectivity index (χ1n) is 18.1. The summed E-state index contributed by atoms with van der Waals surface area (Å²) in [6, 6.07) is 17.9. The van der Waals surface area contributed by atoms with Crippen LogP contribution in [0.15, 0.2) is 58.3 Å². The van der Waals surface area contributed by atoms with Crippen molar-refractivity contribution in [1.29, 1.82) is 0 Å². The quantitative estimate of drug-likeness (QED) is 0.0844. The van der Waals surface area contributed by atoms with Crippen LogP contribution in [0, 0.1) is 0 Å². The zero-order chi connectivity index (χ0) is 39.9. The third kappa shape index (κ3) is 13.1. The van der Waals surface area contributed by atoms with E-state index in [1.807, 2.05) is 11.8 Å². The summed E-state index contributed by atoms with van der Waals surface area (Å²) in [4.78, 5) is 30.1. The molecule has 0 aromatic heterocycles. The highest BCUT2D eigenvalue weighted by atomic mass is 32.2. The number of rotatable bonds is 19. The van der Waals surface area contributed by atoms with Gasteiger partial charge in [-0.2, -0.15) is 0 Å². The molecule has 2 aromatic carbocycles. The number of para-hydroxylation sites is 2. The van der Waals surface area contributed by atoms with Crippen molar-refractivity contribution in [2.75, 3.05) is 45.3 Å². The number of carbonyl (C=O) groups is 2. The summed E-state index contributed by atoms with van der Waals surface area (Å²) in [6.45, 7) is 1.94. The number of carboxylic acids is 1. The van der Waals surface area contributed by atoms with E-state index in [0.29, 0.717) is 31.7 Å². The smallest absolute Gasteiger partial charge is 0.303 e. The minimum Gasteiger partial charge on any atom is -0.481 e. The van der Waals surface area contributed by atoms with Crippen molar-refractivity contribution >= 4 is 35.0 Å². The van der Waals surface area contributed by atoms with Crippen molar-refractivity contribution < 1.29 is 65.0 Å². The van der Waals surface area contributed by atoms with Crippen molar-refractivity contribution in [3.63, 3.8) is 0 Å². The van der Waals surface area contributed by atoms with Gasteiger partial charge in [0.15, 0.2) is 12.4 Å². The Balaban J connectivity index is 0.000000329. The summed E-state index contributed by atoms with van der Waals surface area (Å²) < 4.78 is 10.6. The van der Waals surface area contributed by atoms with Crippen molar-refractivity contribution in [2.45, 2.75) is 116 Å². The van der Waals surface area contributed by atoms with Gasteiger partial charge in [-0.25, -0.2) is 0 Å². The highest BCUT2D eigenvalue weighted by molar-refractivity contribution is 7.99. The molecular weight excluding hydrogens is 726 g/mol. The predicted molar refractivity (Wildman–Crippen MR) is 199 cm³/mol. The third-order valence-corrected chi connectivity index (χ3v) is 10.5. The van der Waals surface area contributed by atoms with E-state index < -0.39 is 86.6 Å². The number of aliphatic carboxylic acids is 1. The molecule has 0 spiro atoms. The number of nitrogens with one attached hydrogen (secondary N) is 1. The molecule has 2 heterocycles. The number of benzene rings is 2. The molecule has 0 radical (unpaired) electrons. The topological polar surface area (TPSA) is 253 Å². The first-order chi connectivity index (χ1) is 25.7. The maximum Gasteiger partial charge on any atom is 0.303 e. The summed E-state index contributed by atoms with van der Waals surface area (Å²) >= 11 is 1.87. The summed E-state index contributed by atoms with van der Waals surface area (Å²) in [7, 11) is 4.28. The van der Waals surface area contributed by atoms with Crippen LogP contribution in [-0.2, 0) is 19.1 Å². The summed E-state index contributed by atoms with van der Waals surface area (Å²) in [5, 5.41) is 89.7. The van der Waals surface area contributed by atoms with Crippen LogP contribution in [0.1, 0.15) is 45.4 Å². The number of amides is 1. The standard InChI is InChI=1S/C20H37NO13.C17H20N2S/c22-8-10(24)7-11(33-20-18(31)16(29)15(28)12(9-23)34-20)14(27)17(30)19(32)21-6-4-2-1-3-5-13(25)26;1-13(18(2)3)12-19-14-8-4-6-10-16(14)20-17-11-7-5-9-15(17)19/h10-12,14-18,20,22-24,27-31H,1-9H2,(H,21,32)(H,25,26);4-11,13H,12H2,1-3H3/t10-,11+,12+,14+,15+,16-,17+,18+,20+;/m0./s1. The number of anilines is 2. The third-order valence-electron chi connectivity index (χ3n) is 9.32. The van der Waals surface area contributed by atoms with Gasteiger partial charge in [0.1, 0.15) is 30.5 Å². The predicted octanol–water partition coefficient (Wildman–Crippen LogP) is 0.0273. The number of aliphatic hydroxyl groups excluding tert-OH is 8. The van der Waals surface area contributed by atoms with Crippen LogP contribution in [0.25, 0.3) is 0 Å². The van der Waals surface area contributed by atoms with Gasteiger partial charge in [0.05, 0.1) is 36.8 Å². The lowest BCUT2D eigenvalue weighted by Gasteiger charge is -2.41. The zero-order valence-electron chi connectivity index (χ0n) is 30.9. The number of likely N-dealkylation sites (N-methyl/N-ethyl adjacent to an activating group) is 1. The minimum atomic E-state index is -2.03. The molecule has 304 valence electrons. The van der Waals surface area contributed by atoms with Crippen molar-refractivity contribution in [3.05, 3.63) is 48.5 Å². The van der Waals surface area contributed by atoms with Crippen LogP contribution in [0.2, 0.25) is 0 Å². The highest BCUT2D eigenvalue weighted by Crippen LogP contribution is 2.47. The van der Waals surface area contributed by atoms with E-state index in [0.717, 1.165) is 6.54 Å². The van der Waals surface area contributed by atoms with E-state index in [1.54, 1.807) is 0 Å². The Bertz CT molecular complexity index is 1390. The number of aliphatic hydroxyl groups is 8. The molecule has 4 rings (SSSR count). The number of carbonyl (C=O) groups excluding carboxylic acids is 1. The number of ether oxygens (including phenoxy) is 2. The Morgan fingerprint density at radius 2 is 1.50 bits per heavy atom. The fourth-order valence-electron chi connectivity index (χ4n) is 5.80. The van der Waals surface area contributed by atoms with E-state index in [9.17, 15) is 45.3 Å². The summed E-state index contributed by atoms with van der Waals surface area (Å²) in [5.74, 6) is -1.85. The van der Waals surface area contributed by atoms with Crippen LogP contribution in [0.4, 0.5) is 11.4 Å². The number of carboxylic acid groups (broad SMARTS) is 1. The molecule has 0 aliphatic carbocycles. The highest BCUT2D eigenvalue weighted by Gasteiger charge is 2.46. The molecule has 0 saturated carbocycles. The van der Waals surface area contributed by atoms with Crippen LogP contribution in [0.5, 0.6) is 0 Å². The lowest BCUT2D eigenvalue weighted by molar-refractivity contribution is -0.320. The molecule has 16 nitrogen and oxygen atoms in total. The van der Waals surface area contributed by atoms with Gasteiger partial charge in [0, 0.05) is 41.8 Å². The lowest BCUT2D eigenvalue weighted by atomic mass is 9.98. The van der Waals surface area contributed by atoms with Gasteiger partial charge < -0.3 is 70.5 Å². The van der Waals surface area contributed by atoms with Crippen molar-refractivity contribution in [3.8, 4) is 0 Å². The van der Waals surface area contributed by atoms with E-state index in [-0.39, 0.29) is 13.0 Å². The first kappa shape index (κ1) is 45.5. The number of hydrogen-bond donors (Lipinski definition) is 10. The van der Waals surface area contributed by atoms with Crippen LogP contribution >= 0.6 is 11.8 Å². The van der Waals surface area contributed by atoms with E-state index >= 15 is 0 Å². The Labute approximate surface area is 319 Å². The second kappa shape index (κ2) is 22.6. The second-order valence-electron chi connectivity index (χ2n) is 13.7. The van der Waals surface area contributed by atoms with Gasteiger partial charge in [0.2, 0.25) is 0 Å². The maximum atomic E-state index is 12.2. The molecule has 54 heavy (non-hydrogen) atoms. The van der Waals surface area contributed by atoms with Crippen LogP contribution < -0.4 is 10.2 Å². The molecule has 10 atom stereocenters. The Hall–Kier alpha value is -2.91. The Morgan fingerprint density at radius 1 is 0.907 bits per heavy atom. The lowest BCUT2D eigenvalue weighted by Crippen LogP contribution is -2.61. The molecule has 0 bridgehead atoms. The minimum absolute atomic E-state index is 0.0484. The fraction of sp³-hybridized carbons (Fsp3) is 0.622. The van der Waals surface area contributed by atoms with Gasteiger partial charge in [-0.05, 0) is 58.1 Å². The van der Waals surface area contributed by atoms with Crippen molar-refractivity contribution in [1.82, 2.24) is 10.2 Å². The number of hydrogen-bond acceptors (Lipinski definition) is 15. The number of unbranched alkanes of at least 4 members (excludes halogenated alkanes) is 3. The average molecular weight is 784 g/mol. The summed E-state index contributed by atoms with van der Waals surface area (Å²) in [6.07, 6.45) is -13.5. The molecule has 10 N–H and O–H groups in total. The SMILES string of the molecule is CC(CN1c2ccccc2Sc2ccccc21)N(C)C.O=C(O)CCCCCCNC(=O)[C@H](O)[C@H](O)[C@@H](C[C@H](O)CO)O[C@@H]1O[C@H](CO)[C@@H](O)[C@H](O)[C@H]1O. The molecule has 2 aliphatic heterocycles. The molecule has 1 unspecified atom stereocenters. The number of nitrogens with zero attached hydrogens (tertiary/aromatic N) is 2. The van der Waals surface area contributed by atoms with E-state index in [2.05, 4.69) is 84.7 Å². The van der Waals surface area contributed by atoms with Gasteiger partial charge >= 0.3 is 5.97 Å². The second-order valence-corrected chi connectivity index (χ2v) is 14.8. The number of fused-ring (bicyclic) bond motifs is 2. The molecule has 2 aromatic rings. The zero-order valence-corrected chi connectivity index (χ0v) is 31.7. The van der Waals surface area contributed by atoms with E-state index in [1.165, 1.54) is 21.2 Å². The van der Waals surface area contributed by atoms with Crippen LogP contribution in [-0.4, -0.2) is 164 Å². The summed E-state index contributed by atoms with van der Waals surface area (Å²) in [5.41, 5.74) is 2.65. The molecule has 1 saturated heterocycles. The fourth-order valence-corrected chi connectivity index (χ4v) is 6.90. The van der Waals surface area contributed by atoms with E-state index in [4.69, 9.17) is 19.7 Å². The van der Waals surface area contributed by atoms with Gasteiger partial charge in [-0.3, -0.25) is 9.59 Å².